The number of aromatic amines is 1. The van der Waals surface area contributed by atoms with Crippen LogP contribution in [0.2, 0.25) is 0 Å². The van der Waals surface area contributed by atoms with E-state index in [0.29, 0.717) is 0 Å². The monoisotopic (exact) mass is 205 g/mol. The molecule has 2 aromatic heterocycles. The summed E-state index contributed by atoms with van der Waals surface area (Å²) >= 11 is 0. The van der Waals surface area contributed by atoms with Gasteiger partial charge in [-0.15, -0.1) is 0 Å². The number of nitrogens with zero attached hydrogens (tertiary/aromatic N) is 2. The summed E-state index contributed by atoms with van der Waals surface area (Å²) in [6.45, 7) is 0.998. The van der Waals surface area contributed by atoms with Gasteiger partial charge in [0.1, 0.15) is 5.65 Å². The van der Waals surface area contributed by atoms with Crippen molar-refractivity contribution in [1.82, 2.24) is 14.3 Å². The van der Waals surface area contributed by atoms with Gasteiger partial charge in [-0.1, -0.05) is 0 Å². The maximum atomic E-state index is 11.1. The molecule has 0 spiro atoms. The zero-order valence-corrected chi connectivity index (χ0v) is 9.03. The molecule has 1 N–H and O–H groups in total. The first-order valence-electron chi connectivity index (χ1n) is 5.00. The zero-order chi connectivity index (χ0) is 10.8. The molecule has 80 valence electrons. The standard InChI is InChI=1S/C11H15N3O/c1-13(2)5-3-9-8-14-6-4-10(15)7-11(14)12-9/h4,6-8,12H,3,5H2,1-2H3. The van der Waals surface area contributed by atoms with E-state index in [4.69, 9.17) is 0 Å². The molecule has 2 aromatic rings. The molecule has 4 nitrogen and oxygen atoms in total. The maximum Gasteiger partial charge on any atom is 0.183 e. The van der Waals surface area contributed by atoms with Crippen LogP contribution in [0.25, 0.3) is 5.65 Å². The largest absolute Gasteiger partial charge is 0.343 e. The summed E-state index contributed by atoms with van der Waals surface area (Å²) in [4.78, 5) is 16.5. The number of pyridine rings is 1. The summed E-state index contributed by atoms with van der Waals surface area (Å²) in [6, 6.07) is 3.18. The van der Waals surface area contributed by atoms with E-state index in [9.17, 15) is 4.79 Å². The van der Waals surface area contributed by atoms with E-state index >= 15 is 0 Å². The van der Waals surface area contributed by atoms with Crippen LogP contribution in [0.5, 0.6) is 0 Å². The number of imidazole rings is 1. The summed E-state index contributed by atoms with van der Waals surface area (Å²) in [5, 5.41) is 0. The molecule has 0 saturated carbocycles. The molecule has 2 rings (SSSR count). The van der Waals surface area contributed by atoms with Crippen LogP contribution in [0.4, 0.5) is 0 Å². The number of hydrogen-bond acceptors (Lipinski definition) is 2. The topological polar surface area (TPSA) is 40.5 Å². The van der Waals surface area contributed by atoms with Gasteiger partial charge in [0.15, 0.2) is 5.43 Å². The highest BCUT2D eigenvalue weighted by Gasteiger charge is 2.00. The minimum atomic E-state index is 0.0380. The second-order valence-electron chi connectivity index (χ2n) is 3.99. The van der Waals surface area contributed by atoms with Crippen molar-refractivity contribution in [3.8, 4) is 0 Å². The van der Waals surface area contributed by atoms with Crippen LogP contribution in [0.1, 0.15) is 5.69 Å². The smallest absolute Gasteiger partial charge is 0.183 e. The fourth-order valence-corrected chi connectivity index (χ4v) is 1.54. The molecule has 0 aliphatic heterocycles. The Morgan fingerprint density at radius 2 is 2.27 bits per heavy atom. The molecule has 0 saturated heterocycles. The number of H-pyrrole nitrogens is 1. The van der Waals surface area contributed by atoms with Crippen molar-refractivity contribution in [2.24, 2.45) is 0 Å². The molecule has 0 aromatic carbocycles. The lowest BCUT2D eigenvalue weighted by Gasteiger charge is -2.06. The van der Waals surface area contributed by atoms with Crippen molar-refractivity contribution >= 4 is 5.65 Å². The van der Waals surface area contributed by atoms with Gasteiger partial charge in [-0.05, 0) is 14.1 Å². The summed E-state index contributed by atoms with van der Waals surface area (Å²) in [5.41, 5.74) is 2.04. The van der Waals surface area contributed by atoms with Gasteiger partial charge < -0.3 is 14.3 Å². The minimum absolute atomic E-state index is 0.0380. The fourth-order valence-electron chi connectivity index (χ4n) is 1.54. The van der Waals surface area contributed by atoms with Crippen molar-refractivity contribution in [3.05, 3.63) is 40.4 Å². The Balaban J connectivity index is 2.27. The average Bonchev–Trinajstić information content (AvgIpc) is 2.56. The Labute approximate surface area is 88.2 Å². The Bertz CT molecular complexity index is 510. The van der Waals surface area contributed by atoms with Crippen LogP contribution in [0, 0.1) is 0 Å². The first-order chi connectivity index (χ1) is 7.15. The van der Waals surface area contributed by atoms with Crippen molar-refractivity contribution in [3.63, 3.8) is 0 Å². The third kappa shape index (κ3) is 2.27. The van der Waals surface area contributed by atoms with Crippen LogP contribution < -0.4 is 5.43 Å². The molecule has 0 bridgehead atoms. The van der Waals surface area contributed by atoms with Crippen LogP contribution >= 0.6 is 0 Å². The number of hydrogen-bond donors (Lipinski definition) is 1. The van der Waals surface area contributed by atoms with E-state index in [1.807, 2.05) is 24.7 Å². The molecule has 0 radical (unpaired) electrons. The molecule has 4 heteroatoms. The summed E-state index contributed by atoms with van der Waals surface area (Å²) in [5.74, 6) is 0. The molecule has 0 amide bonds. The van der Waals surface area contributed by atoms with Gasteiger partial charge in [0.05, 0.1) is 0 Å². The van der Waals surface area contributed by atoms with Gasteiger partial charge >= 0.3 is 0 Å². The Morgan fingerprint density at radius 1 is 1.47 bits per heavy atom. The first-order valence-corrected chi connectivity index (χ1v) is 5.00. The quantitative estimate of drug-likeness (QED) is 0.802. The predicted molar refractivity (Wildman–Crippen MR) is 60.3 cm³/mol. The van der Waals surface area contributed by atoms with E-state index in [1.54, 1.807) is 18.3 Å². The van der Waals surface area contributed by atoms with Crippen molar-refractivity contribution < 1.29 is 0 Å². The van der Waals surface area contributed by atoms with E-state index in [-0.39, 0.29) is 5.43 Å². The summed E-state index contributed by atoms with van der Waals surface area (Å²) in [7, 11) is 4.09. The highest BCUT2D eigenvalue weighted by atomic mass is 16.1. The zero-order valence-electron chi connectivity index (χ0n) is 9.03. The lowest BCUT2D eigenvalue weighted by Crippen LogP contribution is -2.15. The molecule has 0 aliphatic carbocycles. The van der Waals surface area contributed by atoms with Gasteiger partial charge in [0.2, 0.25) is 0 Å². The third-order valence-corrected chi connectivity index (χ3v) is 2.37. The van der Waals surface area contributed by atoms with Crippen LogP contribution in [0.3, 0.4) is 0 Å². The molecule has 0 fully saturated rings. The van der Waals surface area contributed by atoms with Crippen LogP contribution in [-0.2, 0) is 6.42 Å². The van der Waals surface area contributed by atoms with Gasteiger partial charge in [-0.3, -0.25) is 4.79 Å². The molecular formula is C11H15N3O. The summed E-state index contributed by atoms with van der Waals surface area (Å²) < 4.78 is 1.94. The van der Waals surface area contributed by atoms with E-state index in [0.717, 1.165) is 24.3 Å². The normalized spacial score (nSPS) is 11.4. The predicted octanol–water partition coefficient (Wildman–Crippen LogP) is 0.732. The average molecular weight is 205 g/mol. The number of rotatable bonds is 3. The van der Waals surface area contributed by atoms with Gasteiger partial charge in [-0.25, -0.2) is 0 Å². The highest BCUT2D eigenvalue weighted by molar-refractivity contribution is 5.39. The van der Waals surface area contributed by atoms with Gasteiger partial charge in [0, 0.05) is 43.2 Å². The Hall–Kier alpha value is -1.55. The molecule has 0 atom stereocenters. The van der Waals surface area contributed by atoms with Gasteiger partial charge in [0.25, 0.3) is 0 Å². The Morgan fingerprint density at radius 3 is 3.00 bits per heavy atom. The number of fused-ring (bicyclic) bond motifs is 1. The molecule has 15 heavy (non-hydrogen) atoms. The summed E-state index contributed by atoms with van der Waals surface area (Å²) in [6.07, 6.45) is 4.77. The second kappa shape index (κ2) is 3.90. The minimum Gasteiger partial charge on any atom is -0.343 e. The van der Waals surface area contributed by atoms with Crippen LogP contribution in [-0.4, -0.2) is 34.9 Å². The number of aromatic nitrogens is 2. The van der Waals surface area contributed by atoms with Gasteiger partial charge in [-0.2, -0.15) is 0 Å². The maximum absolute atomic E-state index is 11.1. The molecule has 2 heterocycles. The number of likely N-dealkylation sites (N-methyl/N-ethyl adjacent to an activating group) is 1. The lowest BCUT2D eigenvalue weighted by molar-refractivity contribution is 0.412. The molecule has 0 aliphatic rings. The van der Waals surface area contributed by atoms with Crippen LogP contribution in [0.15, 0.2) is 29.3 Å². The SMILES string of the molecule is CN(C)CCc1cn2ccc(=O)cc2[nH]1. The van der Waals surface area contributed by atoms with Crippen molar-refractivity contribution in [1.29, 1.82) is 0 Å². The van der Waals surface area contributed by atoms with E-state index in [1.165, 1.54) is 0 Å². The first kappa shape index (κ1) is 9.98. The lowest BCUT2D eigenvalue weighted by atomic mass is 10.3. The fraction of sp³-hybridized carbons (Fsp3) is 0.364. The van der Waals surface area contributed by atoms with E-state index < -0.39 is 0 Å². The van der Waals surface area contributed by atoms with Crippen molar-refractivity contribution in [2.75, 3.05) is 20.6 Å². The third-order valence-electron chi connectivity index (χ3n) is 2.37. The molecule has 0 unspecified atom stereocenters. The Kier molecular flexibility index (Phi) is 2.60. The van der Waals surface area contributed by atoms with Crippen molar-refractivity contribution in [2.45, 2.75) is 6.42 Å². The molecular weight excluding hydrogens is 190 g/mol. The highest BCUT2D eigenvalue weighted by Crippen LogP contribution is 2.03. The van der Waals surface area contributed by atoms with E-state index in [2.05, 4.69) is 9.88 Å². The second-order valence-corrected chi connectivity index (χ2v) is 3.99. The number of nitrogens with one attached hydrogen (secondary N) is 1.